The highest BCUT2D eigenvalue weighted by Crippen LogP contribution is 2.25. The third-order valence-corrected chi connectivity index (χ3v) is 5.38. The summed E-state index contributed by atoms with van der Waals surface area (Å²) in [5, 5.41) is 9.37. The molecule has 0 saturated heterocycles. The van der Waals surface area contributed by atoms with Gasteiger partial charge in [-0.3, -0.25) is 0 Å². The van der Waals surface area contributed by atoms with Crippen molar-refractivity contribution in [1.29, 1.82) is 5.26 Å². The van der Waals surface area contributed by atoms with Crippen molar-refractivity contribution in [3.05, 3.63) is 89.2 Å². The predicted octanol–water partition coefficient (Wildman–Crippen LogP) is 5.36. The number of nitrogens with zero attached hydrogens (tertiary/aromatic N) is 3. The molecule has 5 heteroatoms. The van der Waals surface area contributed by atoms with Crippen LogP contribution in [0.15, 0.2) is 66.7 Å². The van der Waals surface area contributed by atoms with Crippen molar-refractivity contribution in [2.45, 2.75) is 26.3 Å². The quantitative estimate of drug-likeness (QED) is 0.402. The highest BCUT2D eigenvalue weighted by Gasteiger charge is 2.14. The Morgan fingerprint density at radius 2 is 1.87 bits per heavy atom. The van der Waals surface area contributed by atoms with Crippen LogP contribution in [0, 0.1) is 11.3 Å². The lowest BCUT2D eigenvalue weighted by atomic mass is 9.99. The number of carbonyl (C=O) groups is 1. The zero-order valence-electron chi connectivity index (χ0n) is 17.6. The van der Waals surface area contributed by atoms with Crippen LogP contribution in [0.1, 0.15) is 40.7 Å². The number of carbonyl (C=O) groups excluding carboxylic acids is 1. The largest absolute Gasteiger partial charge is 0.465 e. The Bertz CT molecular complexity index is 1280. The number of ether oxygens (including phenoxy) is 1. The van der Waals surface area contributed by atoms with E-state index in [9.17, 15) is 10.1 Å². The number of esters is 1. The molecule has 3 aromatic carbocycles. The minimum absolute atomic E-state index is 0.354. The number of imidazole rings is 1. The van der Waals surface area contributed by atoms with Gasteiger partial charge in [0.1, 0.15) is 5.82 Å². The molecule has 0 N–H and O–H groups in total. The van der Waals surface area contributed by atoms with E-state index in [1.54, 1.807) is 6.07 Å². The van der Waals surface area contributed by atoms with E-state index in [-0.39, 0.29) is 5.97 Å². The van der Waals surface area contributed by atoms with Gasteiger partial charge in [0, 0.05) is 13.0 Å². The zero-order valence-corrected chi connectivity index (χ0v) is 17.6. The van der Waals surface area contributed by atoms with Crippen LogP contribution in [0.3, 0.4) is 0 Å². The second-order valence-electron chi connectivity index (χ2n) is 7.41. The molecule has 0 spiro atoms. The monoisotopic (exact) mass is 409 g/mol. The molecule has 154 valence electrons. The van der Waals surface area contributed by atoms with E-state index in [0.717, 1.165) is 46.4 Å². The molecule has 1 heterocycles. The zero-order chi connectivity index (χ0) is 21.8. The summed E-state index contributed by atoms with van der Waals surface area (Å²) in [7, 11) is 1.39. The maximum absolute atomic E-state index is 12.0. The summed E-state index contributed by atoms with van der Waals surface area (Å²) in [6, 6.07) is 23.6. The summed E-state index contributed by atoms with van der Waals surface area (Å²) in [5.74, 6) is 0.644. The number of fused-ring (bicyclic) bond motifs is 1. The Hall–Kier alpha value is -3.91. The van der Waals surface area contributed by atoms with E-state index in [0.29, 0.717) is 17.7 Å². The highest BCUT2D eigenvalue weighted by atomic mass is 16.5. The number of methoxy groups -OCH3 is 1. The second-order valence-corrected chi connectivity index (χ2v) is 7.41. The molecular weight excluding hydrogens is 386 g/mol. The Balaban J connectivity index is 1.71. The van der Waals surface area contributed by atoms with Crippen LogP contribution >= 0.6 is 0 Å². The molecule has 0 bridgehead atoms. The van der Waals surface area contributed by atoms with E-state index in [4.69, 9.17) is 9.72 Å². The first-order valence-corrected chi connectivity index (χ1v) is 10.3. The van der Waals surface area contributed by atoms with Crippen LogP contribution in [0.5, 0.6) is 0 Å². The van der Waals surface area contributed by atoms with Crippen LogP contribution in [0.25, 0.3) is 22.2 Å². The van der Waals surface area contributed by atoms with Gasteiger partial charge in [0.2, 0.25) is 0 Å². The van der Waals surface area contributed by atoms with Crippen LogP contribution in [0.2, 0.25) is 0 Å². The van der Waals surface area contributed by atoms with Gasteiger partial charge in [0.15, 0.2) is 0 Å². The van der Waals surface area contributed by atoms with Crippen molar-refractivity contribution in [2.75, 3.05) is 7.11 Å². The van der Waals surface area contributed by atoms with Crippen molar-refractivity contribution in [3.63, 3.8) is 0 Å². The number of nitriles is 1. The fourth-order valence-corrected chi connectivity index (χ4v) is 3.81. The fraction of sp³-hybridized carbons (Fsp3) is 0.192. The standard InChI is InChI=1S/C26H23N3O2/c1-3-6-25-28-23-14-13-20(26(30)31-2)15-24(23)29(25)17-18-9-11-19(12-10-18)22-8-5-4-7-21(22)16-27/h4-5,7-15H,3,6,17H2,1-2H3. The summed E-state index contributed by atoms with van der Waals surface area (Å²) in [6.45, 7) is 2.78. The van der Waals surface area contributed by atoms with Crippen molar-refractivity contribution in [1.82, 2.24) is 9.55 Å². The normalized spacial score (nSPS) is 10.7. The van der Waals surface area contributed by atoms with Gasteiger partial charge in [-0.1, -0.05) is 49.4 Å². The van der Waals surface area contributed by atoms with E-state index >= 15 is 0 Å². The van der Waals surface area contributed by atoms with Crippen molar-refractivity contribution in [2.24, 2.45) is 0 Å². The van der Waals surface area contributed by atoms with Crippen LogP contribution in [0.4, 0.5) is 0 Å². The molecule has 4 rings (SSSR count). The van der Waals surface area contributed by atoms with Crippen LogP contribution in [-0.2, 0) is 17.7 Å². The highest BCUT2D eigenvalue weighted by molar-refractivity contribution is 5.93. The molecule has 0 unspecified atom stereocenters. The fourth-order valence-electron chi connectivity index (χ4n) is 3.81. The number of aryl methyl sites for hydroxylation is 1. The lowest BCUT2D eigenvalue weighted by Crippen LogP contribution is -2.06. The van der Waals surface area contributed by atoms with Crippen molar-refractivity contribution < 1.29 is 9.53 Å². The topological polar surface area (TPSA) is 67.9 Å². The molecule has 0 saturated carbocycles. The number of hydrogen-bond acceptors (Lipinski definition) is 4. The maximum Gasteiger partial charge on any atom is 0.337 e. The Kier molecular flexibility index (Phi) is 5.81. The van der Waals surface area contributed by atoms with E-state index in [2.05, 4.69) is 29.7 Å². The van der Waals surface area contributed by atoms with Gasteiger partial charge in [-0.2, -0.15) is 5.26 Å². The summed E-state index contributed by atoms with van der Waals surface area (Å²) >= 11 is 0. The molecule has 0 atom stereocenters. The number of hydrogen-bond donors (Lipinski definition) is 0. The SMILES string of the molecule is CCCc1nc2ccc(C(=O)OC)cc2n1Cc1ccc(-c2ccccc2C#N)cc1. The predicted molar refractivity (Wildman–Crippen MR) is 121 cm³/mol. The van der Waals surface area contributed by atoms with Gasteiger partial charge in [0.05, 0.1) is 35.3 Å². The smallest absolute Gasteiger partial charge is 0.337 e. The first kappa shape index (κ1) is 20.4. The van der Waals surface area contributed by atoms with Gasteiger partial charge < -0.3 is 9.30 Å². The Labute approximate surface area is 181 Å². The molecule has 0 radical (unpaired) electrons. The molecular formula is C26H23N3O2. The number of aromatic nitrogens is 2. The Morgan fingerprint density at radius 3 is 2.58 bits per heavy atom. The van der Waals surface area contributed by atoms with Gasteiger partial charge in [0.25, 0.3) is 0 Å². The number of benzene rings is 3. The van der Waals surface area contributed by atoms with Gasteiger partial charge in [-0.25, -0.2) is 9.78 Å². The molecule has 5 nitrogen and oxygen atoms in total. The number of rotatable bonds is 6. The minimum atomic E-state index is -0.354. The summed E-state index contributed by atoms with van der Waals surface area (Å²) < 4.78 is 7.05. The molecule has 0 aliphatic heterocycles. The van der Waals surface area contributed by atoms with E-state index < -0.39 is 0 Å². The van der Waals surface area contributed by atoms with Gasteiger partial charge in [-0.15, -0.1) is 0 Å². The second kappa shape index (κ2) is 8.85. The average molecular weight is 409 g/mol. The third-order valence-electron chi connectivity index (χ3n) is 5.38. The van der Waals surface area contributed by atoms with E-state index in [1.807, 2.05) is 48.5 Å². The van der Waals surface area contributed by atoms with Gasteiger partial charge in [-0.05, 0) is 47.4 Å². The van der Waals surface area contributed by atoms with Crippen molar-refractivity contribution in [3.8, 4) is 17.2 Å². The van der Waals surface area contributed by atoms with Crippen LogP contribution in [-0.4, -0.2) is 22.6 Å². The molecule has 0 aliphatic rings. The average Bonchev–Trinajstić information content (AvgIpc) is 3.15. The summed E-state index contributed by atoms with van der Waals surface area (Å²) in [6.07, 6.45) is 1.84. The summed E-state index contributed by atoms with van der Waals surface area (Å²) in [4.78, 5) is 16.8. The van der Waals surface area contributed by atoms with Crippen molar-refractivity contribution >= 4 is 17.0 Å². The van der Waals surface area contributed by atoms with Gasteiger partial charge >= 0.3 is 5.97 Å². The molecule has 31 heavy (non-hydrogen) atoms. The summed E-state index contributed by atoms with van der Waals surface area (Å²) in [5.41, 5.74) is 6.04. The minimum Gasteiger partial charge on any atom is -0.465 e. The third kappa shape index (κ3) is 4.06. The Morgan fingerprint density at radius 1 is 1.10 bits per heavy atom. The van der Waals surface area contributed by atoms with E-state index in [1.165, 1.54) is 7.11 Å². The van der Waals surface area contributed by atoms with Crippen LogP contribution < -0.4 is 0 Å². The lowest BCUT2D eigenvalue weighted by molar-refractivity contribution is 0.0601. The first-order valence-electron chi connectivity index (χ1n) is 10.3. The molecule has 0 fully saturated rings. The molecule has 0 amide bonds. The molecule has 0 aliphatic carbocycles. The maximum atomic E-state index is 12.0. The molecule has 1 aromatic heterocycles. The lowest BCUT2D eigenvalue weighted by Gasteiger charge is -2.11. The first-order chi connectivity index (χ1) is 15.1. The molecule has 4 aromatic rings.